The molecule has 168 valence electrons. The minimum atomic E-state index is -0.943. The number of benzene rings is 2. The molecule has 1 amide bonds. The molecule has 11 heteroatoms. The van der Waals surface area contributed by atoms with Crippen molar-refractivity contribution in [3.05, 3.63) is 80.8 Å². The van der Waals surface area contributed by atoms with Crippen LogP contribution in [-0.4, -0.2) is 34.3 Å². The maximum absolute atomic E-state index is 14.5. The Hall–Kier alpha value is -3.57. The lowest BCUT2D eigenvalue weighted by molar-refractivity contribution is -0.113. The zero-order chi connectivity index (χ0) is 23.5. The predicted octanol–water partition coefficient (Wildman–Crippen LogP) is 4.24. The average Bonchev–Trinajstić information content (AvgIpc) is 3.26. The maximum Gasteiger partial charge on any atom is 0.350 e. The summed E-state index contributed by atoms with van der Waals surface area (Å²) in [6.07, 6.45) is 0. The van der Waals surface area contributed by atoms with Gasteiger partial charge in [0.25, 0.3) is 5.56 Å². The number of aromatic nitrogens is 2. The van der Waals surface area contributed by atoms with Gasteiger partial charge in [-0.15, -0.1) is 11.3 Å². The highest BCUT2D eigenvalue weighted by Crippen LogP contribution is 2.26. The molecule has 0 bridgehead atoms. The lowest BCUT2D eigenvalue weighted by atomic mass is 10.2. The highest BCUT2D eigenvalue weighted by molar-refractivity contribution is 7.99. The lowest BCUT2D eigenvalue weighted by Gasteiger charge is -2.14. The minimum absolute atomic E-state index is 0.0536. The van der Waals surface area contributed by atoms with Crippen LogP contribution in [0.1, 0.15) is 9.67 Å². The molecule has 0 aliphatic heterocycles. The van der Waals surface area contributed by atoms with Crippen LogP contribution in [0.15, 0.2) is 63.9 Å². The van der Waals surface area contributed by atoms with E-state index in [0.29, 0.717) is 17.3 Å². The van der Waals surface area contributed by atoms with Crippen molar-refractivity contribution >= 4 is 51.6 Å². The molecular formula is C22H15F2N3O4S2. The number of carbonyl (C=O) groups is 2. The number of hydrogen-bond acceptors (Lipinski definition) is 7. The number of thioether (sulfide) groups is 1. The third-order valence-corrected chi connectivity index (χ3v) is 6.37. The van der Waals surface area contributed by atoms with Crippen LogP contribution in [0.5, 0.6) is 0 Å². The second-order valence-corrected chi connectivity index (χ2v) is 8.50. The molecular weight excluding hydrogens is 472 g/mol. The van der Waals surface area contributed by atoms with E-state index in [9.17, 15) is 23.2 Å². The molecule has 4 aromatic rings. The number of thiophene rings is 1. The van der Waals surface area contributed by atoms with Crippen molar-refractivity contribution in [1.82, 2.24) is 9.55 Å². The first-order chi connectivity index (χ1) is 15.9. The van der Waals surface area contributed by atoms with Crippen LogP contribution in [0.3, 0.4) is 0 Å². The molecule has 0 atom stereocenters. The third kappa shape index (κ3) is 4.64. The number of para-hydroxylation sites is 1. The molecule has 0 spiro atoms. The first-order valence-corrected chi connectivity index (χ1v) is 11.3. The Morgan fingerprint density at radius 2 is 1.97 bits per heavy atom. The van der Waals surface area contributed by atoms with Crippen LogP contribution >= 0.6 is 23.1 Å². The zero-order valence-electron chi connectivity index (χ0n) is 17.0. The summed E-state index contributed by atoms with van der Waals surface area (Å²) in [5, 5.41) is 4.55. The molecule has 33 heavy (non-hydrogen) atoms. The van der Waals surface area contributed by atoms with Gasteiger partial charge in [0.2, 0.25) is 5.91 Å². The van der Waals surface area contributed by atoms with Crippen LogP contribution in [0, 0.1) is 11.6 Å². The van der Waals surface area contributed by atoms with Crippen LogP contribution in [0.2, 0.25) is 0 Å². The number of carbonyl (C=O) groups excluding carboxylic acids is 2. The SMILES string of the molecule is COC(=O)c1sccc1NC(=O)CSc1nc2ccccc2c(=O)n1-c1ccc(F)cc1F. The van der Waals surface area contributed by atoms with E-state index in [0.717, 1.165) is 39.8 Å². The normalized spacial score (nSPS) is 10.9. The molecule has 2 aromatic heterocycles. The number of nitrogens with one attached hydrogen (secondary N) is 1. The Balaban J connectivity index is 1.67. The topological polar surface area (TPSA) is 90.3 Å². The standard InChI is InChI=1S/C22H15F2N3O4S2/c1-31-21(30)19-16(8-9-32-19)25-18(28)11-33-22-26-15-5-3-2-4-13(15)20(29)27(22)17-7-6-12(23)10-14(17)24/h2-10H,11H2,1H3,(H,25,28). The number of amides is 1. The van der Waals surface area contributed by atoms with Crippen molar-refractivity contribution in [3.8, 4) is 5.69 Å². The molecule has 0 radical (unpaired) electrons. The van der Waals surface area contributed by atoms with Crippen LogP contribution in [0.4, 0.5) is 14.5 Å². The summed E-state index contributed by atoms with van der Waals surface area (Å²) in [5.41, 5.74) is -0.0749. The number of fused-ring (bicyclic) bond motifs is 1. The Morgan fingerprint density at radius 3 is 2.73 bits per heavy atom. The van der Waals surface area contributed by atoms with Crippen LogP contribution < -0.4 is 10.9 Å². The number of hydrogen-bond donors (Lipinski definition) is 1. The third-order valence-electron chi connectivity index (χ3n) is 4.54. The summed E-state index contributed by atoms with van der Waals surface area (Å²) < 4.78 is 33.7. The van der Waals surface area contributed by atoms with Gasteiger partial charge in [-0.1, -0.05) is 23.9 Å². The van der Waals surface area contributed by atoms with Crippen molar-refractivity contribution < 1.29 is 23.1 Å². The van der Waals surface area contributed by atoms with Gasteiger partial charge in [0.1, 0.15) is 16.5 Å². The summed E-state index contributed by atoms with van der Waals surface area (Å²) in [6.45, 7) is 0. The van der Waals surface area contributed by atoms with E-state index in [-0.39, 0.29) is 26.9 Å². The maximum atomic E-state index is 14.5. The van der Waals surface area contributed by atoms with Crippen molar-refractivity contribution in [2.24, 2.45) is 0 Å². The smallest absolute Gasteiger partial charge is 0.350 e. The van der Waals surface area contributed by atoms with E-state index in [4.69, 9.17) is 0 Å². The van der Waals surface area contributed by atoms with E-state index in [1.54, 1.807) is 35.7 Å². The largest absolute Gasteiger partial charge is 0.465 e. The number of ether oxygens (including phenoxy) is 1. The van der Waals surface area contributed by atoms with Gasteiger partial charge in [-0.25, -0.2) is 18.6 Å². The highest BCUT2D eigenvalue weighted by atomic mass is 32.2. The van der Waals surface area contributed by atoms with E-state index < -0.39 is 29.1 Å². The van der Waals surface area contributed by atoms with Crippen molar-refractivity contribution in [2.75, 3.05) is 18.2 Å². The molecule has 0 aliphatic rings. The van der Waals surface area contributed by atoms with Crippen LogP contribution in [0.25, 0.3) is 16.6 Å². The average molecular weight is 488 g/mol. The Kier molecular flexibility index (Phi) is 6.52. The summed E-state index contributed by atoms with van der Waals surface area (Å²) >= 11 is 2.02. The summed E-state index contributed by atoms with van der Waals surface area (Å²) in [5.74, 6) is -2.98. The second-order valence-electron chi connectivity index (χ2n) is 6.64. The van der Waals surface area contributed by atoms with Crippen molar-refractivity contribution in [3.63, 3.8) is 0 Å². The molecule has 4 rings (SSSR count). The first-order valence-electron chi connectivity index (χ1n) is 9.44. The molecule has 0 unspecified atom stereocenters. The van der Waals surface area contributed by atoms with Gasteiger partial charge in [0.15, 0.2) is 5.16 Å². The minimum Gasteiger partial charge on any atom is -0.465 e. The van der Waals surface area contributed by atoms with Gasteiger partial charge < -0.3 is 10.1 Å². The predicted molar refractivity (Wildman–Crippen MR) is 122 cm³/mol. The zero-order valence-corrected chi connectivity index (χ0v) is 18.6. The summed E-state index contributed by atoms with van der Waals surface area (Å²) in [7, 11) is 1.24. The Labute approximate surface area is 194 Å². The van der Waals surface area contributed by atoms with Crippen molar-refractivity contribution in [2.45, 2.75) is 5.16 Å². The van der Waals surface area contributed by atoms with Gasteiger partial charge in [-0.3, -0.25) is 14.2 Å². The fraction of sp³-hybridized carbons (Fsp3) is 0.0909. The number of rotatable bonds is 6. The number of halogens is 2. The summed E-state index contributed by atoms with van der Waals surface area (Å²) in [4.78, 5) is 42.1. The lowest BCUT2D eigenvalue weighted by Crippen LogP contribution is -2.24. The fourth-order valence-electron chi connectivity index (χ4n) is 3.06. The molecule has 0 saturated carbocycles. The van der Waals surface area contributed by atoms with Gasteiger partial charge in [0, 0.05) is 6.07 Å². The molecule has 1 N–H and O–H groups in total. The van der Waals surface area contributed by atoms with E-state index in [1.165, 1.54) is 7.11 Å². The molecule has 0 saturated heterocycles. The quantitative estimate of drug-likeness (QED) is 0.249. The molecule has 0 fully saturated rings. The van der Waals surface area contributed by atoms with Gasteiger partial charge in [0.05, 0.1) is 35.1 Å². The number of esters is 1. The van der Waals surface area contributed by atoms with E-state index >= 15 is 0 Å². The molecule has 0 aliphatic carbocycles. The van der Waals surface area contributed by atoms with Gasteiger partial charge >= 0.3 is 5.97 Å². The van der Waals surface area contributed by atoms with Gasteiger partial charge in [-0.2, -0.15) is 0 Å². The second kappa shape index (κ2) is 9.51. The van der Waals surface area contributed by atoms with Gasteiger partial charge in [-0.05, 0) is 35.7 Å². The number of anilines is 1. The van der Waals surface area contributed by atoms with E-state index in [1.807, 2.05) is 0 Å². The Bertz CT molecular complexity index is 1430. The fourth-order valence-corrected chi connectivity index (χ4v) is 4.63. The number of nitrogens with zero attached hydrogens (tertiary/aromatic N) is 2. The van der Waals surface area contributed by atoms with E-state index in [2.05, 4.69) is 15.0 Å². The first kappa shape index (κ1) is 22.6. The highest BCUT2D eigenvalue weighted by Gasteiger charge is 2.19. The molecule has 2 aromatic carbocycles. The van der Waals surface area contributed by atoms with Crippen molar-refractivity contribution in [1.29, 1.82) is 0 Å². The monoisotopic (exact) mass is 487 g/mol. The Morgan fingerprint density at radius 1 is 1.18 bits per heavy atom. The van der Waals surface area contributed by atoms with Crippen LogP contribution in [-0.2, 0) is 9.53 Å². The molecule has 7 nitrogen and oxygen atoms in total. The summed E-state index contributed by atoms with van der Waals surface area (Å²) in [6, 6.07) is 10.9. The number of methoxy groups -OCH3 is 1. The molecule has 2 heterocycles.